The highest BCUT2D eigenvalue weighted by Gasteiger charge is 2.01. The van der Waals surface area contributed by atoms with Crippen LogP contribution in [0.4, 0.5) is 5.95 Å². The standard InChI is InChI=1S/C11H13N3O/c1-14-7-6-12-11(14)13-8-9-4-2-3-5-10(9)15/h2-7,15H,8H2,1H3,(H,12,13). The molecule has 4 nitrogen and oxygen atoms in total. The molecule has 2 aromatic rings. The Bertz CT molecular complexity index is 451. The summed E-state index contributed by atoms with van der Waals surface area (Å²) < 4.78 is 1.89. The molecule has 15 heavy (non-hydrogen) atoms. The van der Waals surface area contributed by atoms with E-state index >= 15 is 0 Å². The molecule has 1 aromatic heterocycles. The fraction of sp³-hybridized carbons (Fsp3) is 0.182. The molecule has 4 heteroatoms. The molecule has 0 bridgehead atoms. The van der Waals surface area contributed by atoms with Gasteiger partial charge in [0, 0.05) is 31.5 Å². The monoisotopic (exact) mass is 203 g/mol. The molecule has 0 aliphatic carbocycles. The average Bonchev–Trinajstić information content (AvgIpc) is 2.63. The molecule has 2 N–H and O–H groups in total. The fourth-order valence-electron chi connectivity index (χ4n) is 1.37. The van der Waals surface area contributed by atoms with Gasteiger partial charge in [0.25, 0.3) is 0 Å². The highest BCUT2D eigenvalue weighted by Crippen LogP contribution is 2.16. The van der Waals surface area contributed by atoms with Crippen LogP contribution in [0.1, 0.15) is 5.56 Å². The maximum atomic E-state index is 9.54. The Morgan fingerprint density at radius 2 is 2.20 bits per heavy atom. The van der Waals surface area contributed by atoms with E-state index in [0.717, 1.165) is 11.5 Å². The quantitative estimate of drug-likeness (QED) is 0.798. The second kappa shape index (κ2) is 4.04. The number of benzene rings is 1. The first-order chi connectivity index (χ1) is 7.27. The lowest BCUT2D eigenvalue weighted by atomic mass is 10.2. The Morgan fingerprint density at radius 1 is 1.40 bits per heavy atom. The van der Waals surface area contributed by atoms with Gasteiger partial charge in [-0.2, -0.15) is 0 Å². The molecule has 0 atom stereocenters. The number of imidazole rings is 1. The average molecular weight is 203 g/mol. The first-order valence-electron chi connectivity index (χ1n) is 4.75. The van der Waals surface area contributed by atoms with E-state index in [1.165, 1.54) is 0 Å². The Labute approximate surface area is 88.2 Å². The van der Waals surface area contributed by atoms with Crippen LogP contribution >= 0.6 is 0 Å². The van der Waals surface area contributed by atoms with Gasteiger partial charge in [0.1, 0.15) is 5.75 Å². The Balaban J connectivity index is 2.06. The minimum Gasteiger partial charge on any atom is -0.508 e. The van der Waals surface area contributed by atoms with Gasteiger partial charge in [0.2, 0.25) is 5.95 Å². The van der Waals surface area contributed by atoms with E-state index in [2.05, 4.69) is 10.3 Å². The lowest BCUT2D eigenvalue weighted by Gasteiger charge is -2.07. The molecule has 0 unspecified atom stereocenters. The summed E-state index contributed by atoms with van der Waals surface area (Å²) in [7, 11) is 1.92. The van der Waals surface area contributed by atoms with Gasteiger partial charge in [-0.25, -0.2) is 4.98 Å². The lowest BCUT2D eigenvalue weighted by molar-refractivity contribution is 0.469. The largest absolute Gasteiger partial charge is 0.508 e. The number of aromatic nitrogens is 2. The molecule has 0 aliphatic rings. The highest BCUT2D eigenvalue weighted by molar-refractivity contribution is 5.36. The van der Waals surface area contributed by atoms with Crippen LogP contribution in [0.5, 0.6) is 5.75 Å². The minimum absolute atomic E-state index is 0.305. The van der Waals surface area contributed by atoms with Crippen LogP contribution in [-0.2, 0) is 13.6 Å². The molecule has 0 radical (unpaired) electrons. The lowest BCUT2D eigenvalue weighted by Crippen LogP contribution is -2.04. The first kappa shape index (κ1) is 9.58. The number of nitrogens with zero attached hydrogens (tertiary/aromatic N) is 2. The van der Waals surface area contributed by atoms with Gasteiger partial charge >= 0.3 is 0 Å². The van der Waals surface area contributed by atoms with E-state index in [9.17, 15) is 5.11 Å². The Morgan fingerprint density at radius 3 is 2.87 bits per heavy atom. The summed E-state index contributed by atoms with van der Waals surface area (Å²) in [4.78, 5) is 4.13. The Hall–Kier alpha value is -1.97. The molecule has 0 saturated carbocycles. The zero-order valence-corrected chi connectivity index (χ0v) is 8.51. The molecular formula is C11H13N3O. The number of hydrogen-bond donors (Lipinski definition) is 2. The zero-order valence-electron chi connectivity index (χ0n) is 8.51. The first-order valence-corrected chi connectivity index (χ1v) is 4.75. The summed E-state index contributed by atoms with van der Waals surface area (Å²) in [5.74, 6) is 1.09. The van der Waals surface area contributed by atoms with Crippen LogP contribution in [0.25, 0.3) is 0 Å². The summed E-state index contributed by atoms with van der Waals surface area (Å²) >= 11 is 0. The van der Waals surface area contributed by atoms with E-state index in [0.29, 0.717) is 12.3 Å². The SMILES string of the molecule is Cn1ccnc1NCc1ccccc1O. The second-order valence-corrected chi connectivity index (χ2v) is 3.34. The third-order valence-corrected chi connectivity index (χ3v) is 2.25. The van der Waals surface area contributed by atoms with Crippen molar-refractivity contribution >= 4 is 5.95 Å². The summed E-state index contributed by atoms with van der Waals surface area (Å²) in [5.41, 5.74) is 0.862. The normalized spacial score (nSPS) is 10.2. The van der Waals surface area contributed by atoms with Crippen molar-refractivity contribution in [2.45, 2.75) is 6.54 Å². The third kappa shape index (κ3) is 2.10. The van der Waals surface area contributed by atoms with Crippen molar-refractivity contribution in [3.05, 3.63) is 42.2 Å². The maximum Gasteiger partial charge on any atom is 0.202 e. The van der Waals surface area contributed by atoms with Gasteiger partial charge in [-0.3, -0.25) is 0 Å². The van der Waals surface area contributed by atoms with E-state index in [1.54, 1.807) is 18.3 Å². The van der Waals surface area contributed by atoms with Gasteiger partial charge in [-0.15, -0.1) is 0 Å². The number of phenolic OH excluding ortho intramolecular Hbond substituents is 1. The molecular weight excluding hydrogens is 190 g/mol. The number of nitrogens with one attached hydrogen (secondary N) is 1. The maximum absolute atomic E-state index is 9.54. The van der Waals surface area contributed by atoms with E-state index in [-0.39, 0.29) is 0 Å². The Kier molecular flexibility index (Phi) is 2.58. The van der Waals surface area contributed by atoms with Crippen molar-refractivity contribution in [3.63, 3.8) is 0 Å². The zero-order chi connectivity index (χ0) is 10.7. The van der Waals surface area contributed by atoms with E-state index < -0.39 is 0 Å². The summed E-state index contributed by atoms with van der Waals surface area (Å²) in [5, 5.41) is 12.7. The van der Waals surface area contributed by atoms with Crippen LogP contribution in [-0.4, -0.2) is 14.7 Å². The topological polar surface area (TPSA) is 50.1 Å². The van der Waals surface area contributed by atoms with Crippen molar-refractivity contribution in [3.8, 4) is 5.75 Å². The number of aryl methyl sites for hydroxylation is 1. The van der Waals surface area contributed by atoms with Gasteiger partial charge in [-0.1, -0.05) is 18.2 Å². The van der Waals surface area contributed by atoms with Gasteiger partial charge in [0.05, 0.1) is 0 Å². The molecule has 0 saturated heterocycles. The van der Waals surface area contributed by atoms with Crippen LogP contribution in [0.2, 0.25) is 0 Å². The minimum atomic E-state index is 0.305. The number of hydrogen-bond acceptors (Lipinski definition) is 3. The van der Waals surface area contributed by atoms with Crippen molar-refractivity contribution < 1.29 is 5.11 Å². The van der Waals surface area contributed by atoms with Crippen LogP contribution in [0.3, 0.4) is 0 Å². The molecule has 0 spiro atoms. The van der Waals surface area contributed by atoms with Crippen LogP contribution in [0, 0.1) is 0 Å². The number of anilines is 1. The van der Waals surface area contributed by atoms with Crippen molar-refractivity contribution in [1.29, 1.82) is 0 Å². The van der Waals surface area contributed by atoms with Crippen molar-refractivity contribution in [2.24, 2.45) is 7.05 Å². The number of para-hydroxylation sites is 1. The predicted octanol–water partition coefficient (Wildman–Crippen LogP) is 1.74. The van der Waals surface area contributed by atoms with E-state index in [1.807, 2.05) is 29.9 Å². The molecule has 2 rings (SSSR count). The smallest absolute Gasteiger partial charge is 0.202 e. The van der Waals surface area contributed by atoms with Gasteiger partial charge in [0.15, 0.2) is 0 Å². The summed E-state index contributed by atoms with van der Waals surface area (Å²) in [6, 6.07) is 7.26. The van der Waals surface area contributed by atoms with Crippen LogP contribution < -0.4 is 5.32 Å². The molecule has 0 amide bonds. The highest BCUT2D eigenvalue weighted by atomic mass is 16.3. The molecule has 0 fully saturated rings. The predicted molar refractivity (Wildman–Crippen MR) is 58.6 cm³/mol. The second-order valence-electron chi connectivity index (χ2n) is 3.34. The van der Waals surface area contributed by atoms with Gasteiger partial charge < -0.3 is 15.0 Å². The number of aromatic hydroxyl groups is 1. The molecule has 1 aromatic carbocycles. The van der Waals surface area contributed by atoms with Crippen molar-refractivity contribution in [2.75, 3.05) is 5.32 Å². The van der Waals surface area contributed by atoms with Crippen molar-refractivity contribution in [1.82, 2.24) is 9.55 Å². The molecule has 78 valence electrons. The summed E-state index contributed by atoms with van der Waals surface area (Å²) in [6.07, 6.45) is 3.60. The number of rotatable bonds is 3. The summed E-state index contributed by atoms with van der Waals surface area (Å²) in [6.45, 7) is 0.567. The molecule has 1 heterocycles. The van der Waals surface area contributed by atoms with E-state index in [4.69, 9.17) is 0 Å². The molecule has 0 aliphatic heterocycles. The number of phenols is 1. The van der Waals surface area contributed by atoms with Crippen LogP contribution in [0.15, 0.2) is 36.7 Å². The van der Waals surface area contributed by atoms with Gasteiger partial charge in [-0.05, 0) is 6.07 Å². The third-order valence-electron chi connectivity index (χ3n) is 2.25. The fourth-order valence-corrected chi connectivity index (χ4v) is 1.37.